The number of carbonyl (C=O) groups is 2. The summed E-state index contributed by atoms with van der Waals surface area (Å²) in [5.74, 6) is 0.855. The lowest BCUT2D eigenvalue weighted by molar-refractivity contribution is -0.142. The fourth-order valence-corrected chi connectivity index (χ4v) is 2.84. The summed E-state index contributed by atoms with van der Waals surface area (Å²) >= 11 is 0. The first kappa shape index (κ1) is 23.3. The van der Waals surface area contributed by atoms with Crippen LogP contribution in [0.5, 0.6) is 11.5 Å². The molecule has 2 aromatic rings. The molecule has 6 nitrogen and oxygen atoms in total. The number of amides is 2. The first-order chi connectivity index (χ1) is 14.3. The van der Waals surface area contributed by atoms with E-state index in [2.05, 4.69) is 5.32 Å². The summed E-state index contributed by atoms with van der Waals surface area (Å²) in [6.07, 6.45) is 0.824. The van der Waals surface area contributed by atoms with Gasteiger partial charge in [-0.15, -0.1) is 0 Å². The van der Waals surface area contributed by atoms with Crippen LogP contribution in [0.1, 0.15) is 38.3 Å². The van der Waals surface area contributed by atoms with Crippen molar-refractivity contribution in [1.82, 2.24) is 10.2 Å². The molecule has 30 heavy (non-hydrogen) atoms. The highest BCUT2D eigenvalue weighted by Crippen LogP contribution is 2.18. The average molecular weight is 413 g/mol. The van der Waals surface area contributed by atoms with Crippen LogP contribution >= 0.6 is 0 Å². The number of ether oxygens (including phenoxy) is 2. The van der Waals surface area contributed by atoms with Gasteiger partial charge in [-0.3, -0.25) is 9.59 Å². The summed E-state index contributed by atoms with van der Waals surface area (Å²) in [4.78, 5) is 27.3. The molecule has 0 bridgehead atoms. The Morgan fingerprint density at radius 3 is 2.17 bits per heavy atom. The van der Waals surface area contributed by atoms with Crippen LogP contribution in [0.25, 0.3) is 0 Å². The quantitative estimate of drug-likeness (QED) is 0.646. The number of hydrogen-bond acceptors (Lipinski definition) is 4. The summed E-state index contributed by atoms with van der Waals surface area (Å²) in [7, 11) is 1.59. The zero-order valence-electron chi connectivity index (χ0n) is 18.5. The lowest BCUT2D eigenvalue weighted by Gasteiger charge is -2.29. The molecule has 0 unspecified atom stereocenters. The predicted molar refractivity (Wildman–Crippen MR) is 118 cm³/mol. The van der Waals surface area contributed by atoms with Crippen LogP contribution < -0.4 is 14.8 Å². The maximum Gasteiger partial charge on any atom is 0.261 e. The van der Waals surface area contributed by atoms with E-state index in [9.17, 15) is 9.59 Å². The Bertz CT molecular complexity index is 818. The van der Waals surface area contributed by atoms with Crippen molar-refractivity contribution in [2.75, 3.05) is 13.7 Å². The van der Waals surface area contributed by atoms with Gasteiger partial charge in [-0.05, 0) is 57.0 Å². The lowest BCUT2D eigenvalue weighted by atomic mass is 10.1. The van der Waals surface area contributed by atoms with Gasteiger partial charge < -0.3 is 19.7 Å². The largest absolute Gasteiger partial charge is 0.497 e. The number of benzene rings is 2. The third kappa shape index (κ3) is 6.79. The number of methoxy groups -OCH3 is 1. The second-order valence-electron chi connectivity index (χ2n) is 7.47. The van der Waals surface area contributed by atoms with Crippen LogP contribution in [-0.4, -0.2) is 42.5 Å². The molecule has 0 aliphatic rings. The molecule has 0 heterocycles. The highest BCUT2D eigenvalue weighted by molar-refractivity contribution is 5.88. The standard InChI is InChI=1S/C24H32N2O4/c1-6-18(3)25-24(28)19(4)26(15-20-9-7-17(2)8-10-20)23(27)16-30-22-13-11-21(29-5)12-14-22/h7-14,18-19H,6,15-16H2,1-5H3,(H,25,28)/t18-,19-/m0/s1. The van der Waals surface area contributed by atoms with E-state index in [1.165, 1.54) is 0 Å². The number of aryl methyl sites for hydroxylation is 1. The lowest BCUT2D eigenvalue weighted by Crippen LogP contribution is -2.50. The maximum absolute atomic E-state index is 13.0. The van der Waals surface area contributed by atoms with Crippen molar-refractivity contribution < 1.29 is 19.1 Å². The molecule has 0 saturated carbocycles. The average Bonchev–Trinajstić information content (AvgIpc) is 2.76. The molecule has 0 aromatic heterocycles. The normalized spacial score (nSPS) is 12.6. The topological polar surface area (TPSA) is 67.9 Å². The molecule has 162 valence electrons. The Labute approximate surface area is 179 Å². The molecule has 0 fully saturated rings. The highest BCUT2D eigenvalue weighted by Gasteiger charge is 2.27. The Morgan fingerprint density at radius 1 is 1.00 bits per heavy atom. The smallest absolute Gasteiger partial charge is 0.261 e. The molecule has 0 radical (unpaired) electrons. The van der Waals surface area contributed by atoms with E-state index in [-0.39, 0.29) is 24.5 Å². The van der Waals surface area contributed by atoms with E-state index in [1.807, 2.05) is 45.0 Å². The van der Waals surface area contributed by atoms with Gasteiger partial charge in [-0.1, -0.05) is 36.8 Å². The van der Waals surface area contributed by atoms with Crippen LogP contribution in [-0.2, 0) is 16.1 Å². The molecule has 2 rings (SSSR count). The van der Waals surface area contributed by atoms with Crippen molar-refractivity contribution in [1.29, 1.82) is 0 Å². The summed E-state index contributed by atoms with van der Waals surface area (Å²) in [5.41, 5.74) is 2.10. The number of nitrogens with one attached hydrogen (secondary N) is 1. The van der Waals surface area contributed by atoms with Crippen molar-refractivity contribution in [3.05, 3.63) is 59.7 Å². The summed E-state index contributed by atoms with van der Waals surface area (Å²) < 4.78 is 10.8. The van der Waals surface area contributed by atoms with Crippen molar-refractivity contribution in [2.24, 2.45) is 0 Å². The van der Waals surface area contributed by atoms with Crippen LogP contribution in [0.2, 0.25) is 0 Å². The van der Waals surface area contributed by atoms with E-state index in [0.29, 0.717) is 18.0 Å². The molecule has 0 aliphatic carbocycles. The molecule has 2 amide bonds. The minimum Gasteiger partial charge on any atom is -0.497 e. The SMILES string of the molecule is CC[C@H](C)NC(=O)[C@H](C)N(Cc1ccc(C)cc1)C(=O)COc1ccc(OC)cc1. The molecule has 0 aliphatic heterocycles. The third-order valence-electron chi connectivity index (χ3n) is 5.06. The van der Waals surface area contributed by atoms with Crippen molar-refractivity contribution in [3.63, 3.8) is 0 Å². The van der Waals surface area contributed by atoms with Gasteiger partial charge >= 0.3 is 0 Å². The number of nitrogens with zero attached hydrogens (tertiary/aromatic N) is 1. The number of rotatable bonds is 10. The van der Waals surface area contributed by atoms with Gasteiger partial charge in [0.2, 0.25) is 5.91 Å². The molecule has 2 atom stereocenters. The zero-order valence-corrected chi connectivity index (χ0v) is 18.5. The molecule has 0 saturated heterocycles. The Kier molecular flexibility index (Phi) is 8.71. The van der Waals surface area contributed by atoms with Crippen molar-refractivity contribution in [2.45, 2.75) is 52.7 Å². The number of hydrogen-bond donors (Lipinski definition) is 1. The fourth-order valence-electron chi connectivity index (χ4n) is 2.84. The van der Waals surface area contributed by atoms with Gasteiger partial charge in [0.05, 0.1) is 7.11 Å². The molecule has 2 aromatic carbocycles. The summed E-state index contributed by atoms with van der Waals surface area (Å²) in [5, 5.41) is 2.96. The molecule has 0 spiro atoms. The maximum atomic E-state index is 13.0. The minimum absolute atomic E-state index is 0.0480. The fraction of sp³-hybridized carbons (Fsp3) is 0.417. The first-order valence-corrected chi connectivity index (χ1v) is 10.3. The van der Waals surface area contributed by atoms with Gasteiger partial charge in [0, 0.05) is 12.6 Å². The van der Waals surface area contributed by atoms with E-state index in [4.69, 9.17) is 9.47 Å². The van der Waals surface area contributed by atoms with Crippen LogP contribution in [0, 0.1) is 6.92 Å². The van der Waals surface area contributed by atoms with Gasteiger partial charge in [-0.25, -0.2) is 0 Å². The second kappa shape index (κ2) is 11.2. The van der Waals surface area contributed by atoms with Gasteiger partial charge in [0.25, 0.3) is 5.91 Å². The van der Waals surface area contributed by atoms with Gasteiger partial charge in [-0.2, -0.15) is 0 Å². The molecule has 1 N–H and O–H groups in total. The van der Waals surface area contributed by atoms with Crippen molar-refractivity contribution >= 4 is 11.8 Å². The van der Waals surface area contributed by atoms with E-state index in [1.54, 1.807) is 43.2 Å². The minimum atomic E-state index is -0.618. The molecular formula is C24H32N2O4. The zero-order chi connectivity index (χ0) is 22.1. The second-order valence-corrected chi connectivity index (χ2v) is 7.47. The van der Waals surface area contributed by atoms with Crippen LogP contribution in [0.3, 0.4) is 0 Å². The van der Waals surface area contributed by atoms with E-state index < -0.39 is 6.04 Å². The Balaban J connectivity index is 2.12. The summed E-state index contributed by atoms with van der Waals surface area (Å²) in [6.45, 7) is 7.89. The molecule has 6 heteroatoms. The monoisotopic (exact) mass is 412 g/mol. The highest BCUT2D eigenvalue weighted by atomic mass is 16.5. The Hall–Kier alpha value is -3.02. The van der Waals surface area contributed by atoms with Gasteiger partial charge in [0.1, 0.15) is 17.5 Å². The van der Waals surface area contributed by atoms with Crippen molar-refractivity contribution in [3.8, 4) is 11.5 Å². The van der Waals surface area contributed by atoms with E-state index in [0.717, 1.165) is 17.5 Å². The predicted octanol–water partition coefficient (Wildman–Crippen LogP) is 3.71. The summed E-state index contributed by atoms with van der Waals surface area (Å²) in [6, 6.07) is 14.4. The van der Waals surface area contributed by atoms with Crippen LogP contribution in [0.4, 0.5) is 0 Å². The molecular weight excluding hydrogens is 380 g/mol. The van der Waals surface area contributed by atoms with Gasteiger partial charge in [0.15, 0.2) is 6.61 Å². The Morgan fingerprint density at radius 2 is 1.60 bits per heavy atom. The third-order valence-corrected chi connectivity index (χ3v) is 5.06. The first-order valence-electron chi connectivity index (χ1n) is 10.3. The number of carbonyl (C=O) groups excluding carboxylic acids is 2. The van der Waals surface area contributed by atoms with Crippen LogP contribution in [0.15, 0.2) is 48.5 Å². The van der Waals surface area contributed by atoms with E-state index >= 15 is 0 Å².